The Bertz CT molecular complexity index is 1370. The first-order valence-corrected chi connectivity index (χ1v) is 14.9. The zero-order valence-corrected chi connectivity index (χ0v) is 23.7. The molecule has 204 valence electrons. The van der Waals surface area contributed by atoms with E-state index in [2.05, 4.69) is 9.88 Å². The molecule has 8 nitrogen and oxygen atoms in total. The van der Waals surface area contributed by atoms with Crippen molar-refractivity contribution in [2.24, 2.45) is 0 Å². The van der Waals surface area contributed by atoms with Crippen LogP contribution in [0.2, 0.25) is 5.02 Å². The third-order valence-electron chi connectivity index (χ3n) is 6.69. The molecule has 0 spiro atoms. The Morgan fingerprint density at radius 3 is 2.55 bits per heavy atom. The molecule has 0 atom stereocenters. The number of aromatic nitrogens is 2. The molecule has 2 aromatic carbocycles. The van der Waals surface area contributed by atoms with Gasteiger partial charge in [-0.15, -0.1) is 0 Å². The number of carbonyl (C=O) groups is 1. The zero-order valence-electron chi connectivity index (χ0n) is 22.1. The molecule has 0 saturated carbocycles. The van der Waals surface area contributed by atoms with Gasteiger partial charge in [0, 0.05) is 42.8 Å². The highest BCUT2D eigenvalue weighted by Crippen LogP contribution is 2.24. The van der Waals surface area contributed by atoms with Crippen LogP contribution in [0, 0.1) is 6.92 Å². The Morgan fingerprint density at radius 2 is 1.87 bits per heavy atom. The zero-order chi connectivity index (χ0) is 27.3. The molecule has 1 fully saturated rings. The van der Waals surface area contributed by atoms with Gasteiger partial charge in [-0.05, 0) is 50.1 Å². The lowest BCUT2D eigenvalue weighted by molar-refractivity contribution is 0.0318. The van der Waals surface area contributed by atoms with E-state index >= 15 is 0 Å². The van der Waals surface area contributed by atoms with Crippen LogP contribution >= 0.6 is 11.6 Å². The van der Waals surface area contributed by atoms with Gasteiger partial charge < -0.3 is 14.2 Å². The number of ether oxygens (including phenoxy) is 1. The minimum Gasteiger partial charge on any atom is -0.379 e. The molecule has 0 N–H and O–H groups in total. The molecule has 4 rings (SSSR count). The lowest BCUT2D eigenvalue weighted by Crippen LogP contribution is -2.43. The molecule has 0 unspecified atom stereocenters. The van der Waals surface area contributed by atoms with Crippen molar-refractivity contribution in [3.8, 4) is 0 Å². The third kappa shape index (κ3) is 6.83. The fourth-order valence-corrected chi connectivity index (χ4v) is 6.51. The van der Waals surface area contributed by atoms with E-state index in [4.69, 9.17) is 16.3 Å². The van der Waals surface area contributed by atoms with E-state index in [1.807, 2.05) is 45.0 Å². The molecule has 0 bridgehead atoms. The van der Waals surface area contributed by atoms with E-state index in [9.17, 15) is 13.2 Å². The highest BCUT2D eigenvalue weighted by atomic mass is 35.5. The maximum Gasteiger partial charge on any atom is 0.254 e. The van der Waals surface area contributed by atoms with Crippen LogP contribution < -0.4 is 0 Å². The number of hydrogen-bond donors (Lipinski definition) is 0. The molecule has 0 aliphatic carbocycles. The molecule has 1 aliphatic heterocycles. The number of morpholine rings is 1. The van der Waals surface area contributed by atoms with Crippen molar-refractivity contribution in [2.75, 3.05) is 39.4 Å². The maximum absolute atomic E-state index is 13.7. The molecule has 1 amide bonds. The first-order chi connectivity index (χ1) is 18.2. The van der Waals surface area contributed by atoms with E-state index in [1.54, 1.807) is 39.9 Å². The molecular weight excluding hydrogens is 524 g/mol. The molecule has 38 heavy (non-hydrogen) atoms. The Hall–Kier alpha value is -2.72. The number of rotatable bonds is 10. The third-order valence-corrected chi connectivity index (χ3v) is 8.49. The van der Waals surface area contributed by atoms with E-state index in [0.717, 1.165) is 18.7 Å². The molecule has 2 heterocycles. The minimum atomic E-state index is -3.76. The van der Waals surface area contributed by atoms with E-state index in [1.165, 1.54) is 0 Å². The summed E-state index contributed by atoms with van der Waals surface area (Å²) in [4.78, 5) is 22.2. The first-order valence-electron chi connectivity index (χ1n) is 12.8. The second kappa shape index (κ2) is 12.4. The summed E-state index contributed by atoms with van der Waals surface area (Å²) in [7, 11) is -3.76. The highest BCUT2D eigenvalue weighted by Gasteiger charge is 2.28. The number of carbonyl (C=O) groups excluding carboxylic acids is 1. The smallest absolute Gasteiger partial charge is 0.254 e. The van der Waals surface area contributed by atoms with Crippen molar-refractivity contribution in [2.45, 2.75) is 44.3 Å². The van der Waals surface area contributed by atoms with Gasteiger partial charge in [0.1, 0.15) is 0 Å². The Balaban J connectivity index is 1.63. The van der Waals surface area contributed by atoms with Crippen molar-refractivity contribution >= 4 is 27.3 Å². The maximum atomic E-state index is 13.7. The summed E-state index contributed by atoms with van der Waals surface area (Å²) in [6.45, 7) is 10.2. The minimum absolute atomic E-state index is 0.000976. The van der Waals surface area contributed by atoms with E-state index in [-0.39, 0.29) is 29.4 Å². The van der Waals surface area contributed by atoms with Gasteiger partial charge in [-0.1, -0.05) is 41.9 Å². The summed E-state index contributed by atoms with van der Waals surface area (Å²) in [5.74, 6) is -0.296. The van der Waals surface area contributed by atoms with E-state index < -0.39 is 9.84 Å². The summed E-state index contributed by atoms with van der Waals surface area (Å²) in [6, 6.07) is 14.2. The number of imidazole rings is 1. The molecule has 1 aliphatic rings. The van der Waals surface area contributed by atoms with Crippen molar-refractivity contribution in [1.82, 2.24) is 19.4 Å². The van der Waals surface area contributed by atoms with Crippen molar-refractivity contribution in [3.05, 3.63) is 82.1 Å². The Morgan fingerprint density at radius 1 is 1.13 bits per heavy atom. The van der Waals surface area contributed by atoms with Crippen LogP contribution in [0.3, 0.4) is 0 Å². The van der Waals surface area contributed by atoms with Crippen LogP contribution in [0.4, 0.5) is 0 Å². The molecular formula is C28H35ClN4O4S. The number of sulfone groups is 1. The fraction of sp³-hybridized carbons (Fsp3) is 0.429. The topological polar surface area (TPSA) is 84.7 Å². The van der Waals surface area contributed by atoms with Crippen molar-refractivity contribution < 1.29 is 17.9 Å². The lowest BCUT2D eigenvalue weighted by Gasteiger charge is -2.31. The predicted molar refractivity (Wildman–Crippen MR) is 148 cm³/mol. The Kier molecular flexibility index (Phi) is 9.25. The largest absolute Gasteiger partial charge is 0.379 e. The number of aryl methyl sites for hydroxylation is 1. The summed E-state index contributed by atoms with van der Waals surface area (Å²) in [5.41, 5.74) is 2.81. The van der Waals surface area contributed by atoms with Crippen LogP contribution in [0.5, 0.6) is 0 Å². The van der Waals surface area contributed by atoms with Crippen LogP contribution in [0.25, 0.3) is 0 Å². The summed E-state index contributed by atoms with van der Waals surface area (Å²) >= 11 is 6.08. The number of halogens is 1. The van der Waals surface area contributed by atoms with Gasteiger partial charge in [0.2, 0.25) is 15.0 Å². The second-order valence-electron chi connectivity index (χ2n) is 9.88. The van der Waals surface area contributed by atoms with Crippen LogP contribution in [-0.4, -0.2) is 73.1 Å². The Labute approximate surface area is 230 Å². The van der Waals surface area contributed by atoms with Gasteiger partial charge >= 0.3 is 0 Å². The van der Waals surface area contributed by atoms with Crippen molar-refractivity contribution in [1.29, 1.82) is 0 Å². The molecule has 3 aromatic rings. The fourth-order valence-electron chi connectivity index (χ4n) is 4.71. The summed E-state index contributed by atoms with van der Waals surface area (Å²) in [5, 5.41) is 0.482. The SMILES string of the molecule is Cc1ccccc1C(=O)N(CCN1CCOCC1)Cc1cnc(S(=O)(=O)Cc2cccc(Cl)c2)n1C(C)C. The van der Waals surface area contributed by atoms with Crippen LogP contribution in [0.1, 0.15) is 47.1 Å². The molecule has 1 saturated heterocycles. The second-order valence-corrected chi connectivity index (χ2v) is 12.2. The van der Waals surface area contributed by atoms with Crippen LogP contribution in [-0.2, 0) is 26.9 Å². The predicted octanol–water partition coefficient (Wildman–Crippen LogP) is 4.37. The van der Waals surface area contributed by atoms with Gasteiger partial charge in [-0.3, -0.25) is 9.69 Å². The average molecular weight is 559 g/mol. The normalized spacial score (nSPS) is 14.7. The molecule has 1 aromatic heterocycles. The summed E-state index contributed by atoms with van der Waals surface area (Å²) < 4.78 is 34.1. The number of benzene rings is 2. The summed E-state index contributed by atoms with van der Waals surface area (Å²) in [6.07, 6.45) is 1.58. The standard InChI is InChI=1S/C28H35ClN4O4S/c1-21(2)33-25(18-30-28(33)38(35,36)20-23-8-6-9-24(29)17-23)19-32(12-11-31-13-15-37-16-14-31)27(34)26-10-5-4-7-22(26)3/h4-10,17-18,21H,11-16,19-20H2,1-3H3. The van der Waals surface area contributed by atoms with Gasteiger partial charge in [0.25, 0.3) is 5.91 Å². The first kappa shape index (κ1) is 28.3. The monoisotopic (exact) mass is 558 g/mol. The van der Waals surface area contributed by atoms with Crippen LogP contribution in [0.15, 0.2) is 59.9 Å². The van der Waals surface area contributed by atoms with E-state index in [0.29, 0.717) is 48.1 Å². The quantitative estimate of drug-likeness (QED) is 0.367. The molecule has 0 radical (unpaired) electrons. The van der Waals surface area contributed by atoms with Gasteiger partial charge in [0.15, 0.2) is 0 Å². The van der Waals surface area contributed by atoms with Gasteiger partial charge in [0.05, 0.1) is 37.4 Å². The molecule has 10 heteroatoms. The highest BCUT2D eigenvalue weighted by molar-refractivity contribution is 7.90. The number of hydrogen-bond acceptors (Lipinski definition) is 6. The number of amides is 1. The average Bonchev–Trinajstić information content (AvgIpc) is 3.32. The van der Waals surface area contributed by atoms with Gasteiger partial charge in [-0.2, -0.15) is 0 Å². The number of nitrogens with zero attached hydrogens (tertiary/aromatic N) is 4. The lowest BCUT2D eigenvalue weighted by atomic mass is 10.1. The van der Waals surface area contributed by atoms with Gasteiger partial charge in [-0.25, -0.2) is 13.4 Å². The van der Waals surface area contributed by atoms with Crippen molar-refractivity contribution in [3.63, 3.8) is 0 Å².